The van der Waals surface area contributed by atoms with E-state index in [0.717, 1.165) is 12.3 Å². The lowest BCUT2D eigenvalue weighted by Crippen LogP contribution is -2.32. The van der Waals surface area contributed by atoms with Crippen molar-refractivity contribution in [3.05, 3.63) is 33.1 Å². The normalized spacial score (nSPS) is 14.3. The van der Waals surface area contributed by atoms with Crippen LogP contribution in [-0.4, -0.2) is 32.9 Å². The fourth-order valence-electron chi connectivity index (χ4n) is 1.43. The molecule has 0 bridgehead atoms. The standard InChI is InChI=1S/C10H12N4O3S/c15-7(12-9-11-3-6-18-9)1-4-14-5-2-8(16)13-10(14)17/h2,5H,1,3-4,6H2,(H,11,12,15)(H,13,16,17). The molecule has 1 aliphatic heterocycles. The number of nitrogens with zero attached hydrogens (tertiary/aromatic N) is 2. The Bertz CT molecular complexity index is 589. The summed E-state index contributed by atoms with van der Waals surface area (Å²) in [6.45, 7) is 0.944. The number of carbonyl (C=O) groups is 1. The molecule has 0 atom stereocenters. The van der Waals surface area contributed by atoms with Crippen molar-refractivity contribution in [1.29, 1.82) is 0 Å². The molecule has 1 aromatic heterocycles. The van der Waals surface area contributed by atoms with Crippen LogP contribution in [-0.2, 0) is 11.3 Å². The minimum Gasteiger partial charge on any atom is -0.305 e. The quantitative estimate of drug-likeness (QED) is 0.746. The van der Waals surface area contributed by atoms with E-state index < -0.39 is 11.2 Å². The minimum atomic E-state index is -0.511. The van der Waals surface area contributed by atoms with Crippen LogP contribution in [0.5, 0.6) is 0 Å². The number of hydrogen-bond acceptors (Lipinski definition) is 5. The predicted octanol–water partition coefficient (Wildman–Crippen LogP) is -0.854. The first-order chi connectivity index (χ1) is 8.65. The Morgan fingerprint density at radius 3 is 3.06 bits per heavy atom. The highest BCUT2D eigenvalue weighted by molar-refractivity contribution is 8.14. The van der Waals surface area contributed by atoms with Crippen LogP contribution < -0.4 is 16.6 Å². The maximum Gasteiger partial charge on any atom is 0.328 e. The molecule has 0 unspecified atom stereocenters. The zero-order chi connectivity index (χ0) is 13.0. The molecule has 1 amide bonds. The lowest BCUT2D eigenvalue weighted by Gasteiger charge is -2.05. The molecule has 1 aliphatic rings. The van der Waals surface area contributed by atoms with Crippen molar-refractivity contribution in [2.75, 3.05) is 12.3 Å². The number of hydrogen-bond donors (Lipinski definition) is 2. The summed E-state index contributed by atoms with van der Waals surface area (Å²) < 4.78 is 1.28. The van der Waals surface area contributed by atoms with Crippen LogP contribution >= 0.6 is 11.8 Å². The number of amidine groups is 1. The molecule has 1 aromatic rings. The second kappa shape index (κ2) is 5.67. The van der Waals surface area contributed by atoms with E-state index in [-0.39, 0.29) is 18.9 Å². The Morgan fingerprint density at radius 1 is 1.56 bits per heavy atom. The lowest BCUT2D eigenvalue weighted by atomic mass is 10.4. The summed E-state index contributed by atoms with van der Waals surface area (Å²) in [5, 5.41) is 3.30. The van der Waals surface area contributed by atoms with Crippen molar-refractivity contribution in [1.82, 2.24) is 14.9 Å². The van der Waals surface area contributed by atoms with E-state index in [1.54, 1.807) is 0 Å². The van der Waals surface area contributed by atoms with E-state index in [1.807, 2.05) is 0 Å². The predicted molar refractivity (Wildman–Crippen MR) is 68.8 cm³/mol. The molecule has 2 N–H and O–H groups in total. The van der Waals surface area contributed by atoms with Gasteiger partial charge in [-0.25, -0.2) is 4.79 Å². The Hall–Kier alpha value is -1.83. The van der Waals surface area contributed by atoms with Gasteiger partial charge in [0.25, 0.3) is 5.56 Å². The van der Waals surface area contributed by atoms with Crippen LogP contribution in [0.1, 0.15) is 6.42 Å². The van der Waals surface area contributed by atoms with Crippen LogP contribution in [0.3, 0.4) is 0 Å². The summed E-state index contributed by atoms with van der Waals surface area (Å²) in [5.41, 5.74) is -0.958. The number of nitrogens with one attached hydrogen (secondary N) is 2. The highest BCUT2D eigenvalue weighted by Crippen LogP contribution is 2.08. The van der Waals surface area contributed by atoms with Crippen molar-refractivity contribution in [3.8, 4) is 0 Å². The monoisotopic (exact) mass is 268 g/mol. The molecular weight excluding hydrogens is 256 g/mol. The van der Waals surface area contributed by atoms with Gasteiger partial charge in [-0.3, -0.25) is 19.6 Å². The SMILES string of the molecule is O=C(CCn1ccc(=O)[nH]c1=O)NC1=NCCS1. The van der Waals surface area contributed by atoms with Gasteiger partial charge in [-0.15, -0.1) is 0 Å². The first-order valence-electron chi connectivity index (χ1n) is 5.42. The summed E-state index contributed by atoms with van der Waals surface area (Å²) >= 11 is 1.50. The summed E-state index contributed by atoms with van der Waals surface area (Å²) in [6.07, 6.45) is 1.53. The molecule has 0 spiro atoms. The number of aryl methyl sites for hydroxylation is 1. The Labute approximate surface area is 106 Å². The number of aromatic nitrogens is 2. The van der Waals surface area contributed by atoms with E-state index in [4.69, 9.17) is 0 Å². The zero-order valence-electron chi connectivity index (χ0n) is 9.51. The van der Waals surface area contributed by atoms with E-state index in [2.05, 4.69) is 15.3 Å². The van der Waals surface area contributed by atoms with Crippen LogP contribution in [0.25, 0.3) is 0 Å². The molecule has 0 saturated carbocycles. The van der Waals surface area contributed by atoms with Crippen LogP contribution in [0.15, 0.2) is 26.8 Å². The fourth-order valence-corrected chi connectivity index (χ4v) is 2.18. The maximum atomic E-state index is 11.6. The third-order valence-corrected chi connectivity index (χ3v) is 3.20. The van der Waals surface area contributed by atoms with Gasteiger partial charge in [0.1, 0.15) is 0 Å². The molecule has 7 nitrogen and oxygen atoms in total. The van der Waals surface area contributed by atoms with Gasteiger partial charge in [0.2, 0.25) is 5.91 Å². The highest BCUT2D eigenvalue weighted by atomic mass is 32.2. The van der Waals surface area contributed by atoms with Crippen LogP contribution in [0.2, 0.25) is 0 Å². The third kappa shape index (κ3) is 3.33. The molecule has 0 fully saturated rings. The van der Waals surface area contributed by atoms with Gasteiger partial charge in [0, 0.05) is 31.0 Å². The third-order valence-electron chi connectivity index (χ3n) is 2.31. The molecule has 2 heterocycles. The Balaban J connectivity index is 1.89. The average molecular weight is 268 g/mol. The van der Waals surface area contributed by atoms with Gasteiger partial charge >= 0.3 is 5.69 Å². The van der Waals surface area contributed by atoms with Crippen molar-refractivity contribution in [3.63, 3.8) is 0 Å². The van der Waals surface area contributed by atoms with Gasteiger partial charge in [-0.05, 0) is 0 Å². The van der Waals surface area contributed by atoms with E-state index in [1.165, 1.54) is 28.6 Å². The second-order valence-corrected chi connectivity index (χ2v) is 4.72. The average Bonchev–Trinajstić information content (AvgIpc) is 2.80. The smallest absolute Gasteiger partial charge is 0.305 e. The van der Waals surface area contributed by atoms with Gasteiger partial charge in [0.05, 0.1) is 6.54 Å². The summed E-state index contributed by atoms with van der Waals surface area (Å²) in [6, 6.07) is 1.25. The molecule has 8 heteroatoms. The Kier molecular flexibility index (Phi) is 3.98. The van der Waals surface area contributed by atoms with Gasteiger partial charge in [-0.2, -0.15) is 0 Å². The molecule has 0 radical (unpaired) electrons. The van der Waals surface area contributed by atoms with Crippen molar-refractivity contribution in [2.24, 2.45) is 4.99 Å². The Morgan fingerprint density at radius 2 is 2.39 bits per heavy atom. The molecule has 96 valence electrons. The number of rotatable bonds is 3. The maximum absolute atomic E-state index is 11.6. The van der Waals surface area contributed by atoms with Crippen molar-refractivity contribution in [2.45, 2.75) is 13.0 Å². The molecule has 0 aliphatic carbocycles. The summed E-state index contributed by atoms with van der Waals surface area (Å²) in [5.74, 6) is 0.691. The minimum absolute atomic E-state index is 0.158. The van der Waals surface area contributed by atoms with Gasteiger partial charge < -0.3 is 9.88 Å². The fraction of sp³-hybridized carbons (Fsp3) is 0.400. The molecular formula is C10H12N4O3S. The van der Waals surface area contributed by atoms with E-state index >= 15 is 0 Å². The molecule has 0 saturated heterocycles. The van der Waals surface area contributed by atoms with Gasteiger partial charge in [-0.1, -0.05) is 11.8 Å². The topological polar surface area (TPSA) is 96.3 Å². The number of carbonyl (C=O) groups excluding carboxylic acids is 1. The highest BCUT2D eigenvalue weighted by Gasteiger charge is 2.10. The first kappa shape index (κ1) is 12.6. The van der Waals surface area contributed by atoms with Crippen LogP contribution in [0, 0.1) is 0 Å². The number of amides is 1. The summed E-state index contributed by atoms with van der Waals surface area (Å²) in [4.78, 5) is 40.0. The van der Waals surface area contributed by atoms with Crippen LogP contribution in [0.4, 0.5) is 0 Å². The van der Waals surface area contributed by atoms with Gasteiger partial charge in [0.15, 0.2) is 5.17 Å². The molecule has 2 rings (SSSR count). The number of aliphatic imine (C=N–C) groups is 1. The number of thioether (sulfide) groups is 1. The number of H-pyrrole nitrogens is 1. The molecule has 18 heavy (non-hydrogen) atoms. The van der Waals surface area contributed by atoms with E-state index in [0.29, 0.717) is 5.17 Å². The van der Waals surface area contributed by atoms with Crippen molar-refractivity contribution >= 4 is 22.8 Å². The first-order valence-corrected chi connectivity index (χ1v) is 6.40. The summed E-state index contributed by atoms with van der Waals surface area (Å²) in [7, 11) is 0. The van der Waals surface area contributed by atoms with Crippen molar-refractivity contribution < 1.29 is 4.79 Å². The zero-order valence-corrected chi connectivity index (χ0v) is 10.3. The largest absolute Gasteiger partial charge is 0.328 e. The molecule has 0 aromatic carbocycles. The van der Waals surface area contributed by atoms with E-state index in [9.17, 15) is 14.4 Å². The second-order valence-electron chi connectivity index (χ2n) is 3.64. The lowest BCUT2D eigenvalue weighted by molar-refractivity contribution is -0.119. The number of aromatic amines is 1.